The molecule has 0 aliphatic rings. The number of para-hydroxylation sites is 2. The second-order valence-electron chi connectivity index (χ2n) is 14.0. The lowest BCUT2D eigenvalue weighted by molar-refractivity contribution is 1.07. The number of benzene rings is 8. The highest BCUT2D eigenvalue weighted by atomic mass is 32.1. The summed E-state index contributed by atoms with van der Waals surface area (Å²) in [5.74, 6) is 1.92. The minimum absolute atomic E-state index is 0.637. The van der Waals surface area contributed by atoms with Gasteiger partial charge >= 0.3 is 0 Å². The van der Waals surface area contributed by atoms with Crippen molar-refractivity contribution in [1.82, 2.24) is 19.5 Å². The maximum absolute atomic E-state index is 5.18. The molecule has 0 aliphatic carbocycles. The van der Waals surface area contributed by atoms with Gasteiger partial charge in [0.05, 0.1) is 11.0 Å². The van der Waals surface area contributed by atoms with Gasteiger partial charge in [-0.2, -0.15) is 0 Å². The molecular formula is C51H32N4S. The van der Waals surface area contributed by atoms with Crippen molar-refractivity contribution in [2.24, 2.45) is 0 Å². The molecule has 3 aromatic heterocycles. The van der Waals surface area contributed by atoms with Gasteiger partial charge in [-0.15, -0.1) is 11.3 Å². The van der Waals surface area contributed by atoms with Crippen LogP contribution in [0.4, 0.5) is 0 Å². The summed E-state index contributed by atoms with van der Waals surface area (Å²) in [6.45, 7) is 0. The van der Waals surface area contributed by atoms with Crippen LogP contribution in [0.25, 0.3) is 104 Å². The quantitative estimate of drug-likeness (QED) is 0.171. The Morgan fingerprint density at radius 2 is 0.893 bits per heavy atom. The maximum atomic E-state index is 5.18. The molecule has 262 valence electrons. The first kappa shape index (κ1) is 32.2. The number of thiophene rings is 1. The predicted molar refractivity (Wildman–Crippen MR) is 234 cm³/mol. The molecule has 0 N–H and O–H groups in total. The lowest BCUT2D eigenvalue weighted by Gasteiger charge is -2.14. The molecular weight excluding hydrogens is 701 g/mol. The standard InChI is InChI=1S/C51H32N4S/c1-5-15-33(16-6-1)36-25-27-39(44(29-36)51-53-49(34-17-7-2-8-18-34)52-50(54-51)35-19-9-3-10-20-35)37-26-28-41-43-31-42-40-23-13-14-24-45(40)55(38-21-11-4-12-22-38)46(42)32-48(43)56-47(41)30-37/h1-32H. The van der Waals surface area contributed by atoms with E-state index in [4.69, 9.17) is 15.0 Å². The largest absolute Gasteiger partial charge is 0.309 e. The second kappa shape index (κ2) is 13.3. The Morgan fingerprint density at radius 1 is 0.321 bits per heavy atom. The van der Waals surface area contributed by atoms with Crippen molar-refractivity contribution in [2.75, 3.05) is 0 Å². The maximum Gasteiger partial charge on any atom is 0.164 e. The van der Waals surface area contributed by atoms with Gasteiger partial charge in [-0.05, 0) is 64.7 Å². The second-order valence-corrected chi connectivity index (χ2v) is 15.1. The molecule has 11 aromatic rings. The molecule has 8 aromatic carbocycles. The summed E-state index contributed by atoms with van der Waals surface area (Å²) in [7, 11) is 0. The van der Waals surface area contributed by atoms with Crippen LogP contribution in [0.15, 0.2) is 194 Å². The Labute approximate surface area is 327 Å². The van der Waals surface area contributed by atoms with Crippen LogP contribution in [0, 0.1) is 0 Å². The molecule has 0 fully saturated rings. The van der Waals surface area contributed by atoms with Crippen molar-refractivity contribution < 1.29 is 0 Å². The predicted octanol–water partition coefficient (Wildman–Crippen LogP) is 13.7. The Bertz CT molecular complexity index is 3170. The van der Waals surface area contributed by atoms with Crippen molar-refractivity contribution >= 4 is 53.3 Å². The van der Waals surface area contributed by atoms with Crippen molar-refractivity contribution in [2.45, 2.75) is 0 Å². The monoisotopic (exact) mass is 732 g/mol. The molecule has 56 heavy (non-hydrogen) atoms. The molecule has 0 saturated heterocycles. The number of rotatable bonds is 6. The summed E-state index contributed by atoms with van der Waals surface area (Å²) in [4.78, 5) is 15.3. The van der Waals surface area contributed by atoms with E-state index in [9.17, 15) is 0 Å². The van der Waals surface area contributed by atoms with Gasteiger partial charge in [0.15, 0.2) is 17.5 Å². The Hall–Kier alpha value is -7.21. The fraction of sp³-hybridized carbons (Fsp3) is 0. The smallest absolute Gasteiger partial charge is 0.164 e. The highest BCUT2D eigenvalue weighted by Crippen LogP contribution is 2.43. The fourth-order valence-electron chi connectivity index (χ4n) is 7.98. The van der Waals surface area contributed by atoms with Crippen LogP contribution in [0.3, 0.4) is 0 Å². The molecule has 0 unspecified atom stereocenters. The Morgan fingerprint density at radius 3 is 1.59 bits per heavy atom. The van der Waals surface area contributed by atoms with Gasteiger partial charge in [0, 0.05) is 53.3 Å². The summed E-state index contributed by atoms with van der Waals surface area (Å²) in [6, 6.07) is 68.6. The zero-order valence-electron chi connectivity index (χ0n) is 30.2. The van der Waals surface area contributed by atoms with Gasteiger partial charge in [-0.25, -0.2) is 15.0 Å². The van der Waals surface area contributed by atoms with Crippen LogP contribution < -0.4 is 0 Å². The first-order chi connectivity index (χ1) is 27.7. The molecule has 3 heterocycles. The first-order valence-electron chi connectivity index (χ1n) is 18.8. The van der Waals surface area contributed by atoms with Crippen LogP contribution in [0.2, 0.25) is 0 Å². The van der Waals surface area contributed by atoms with E-state index in [0.29, 0.717) is 17.5 Å². The van der Waals surface area contributed by atoms with E-state index in [1.54, 1.807) is 0 Å². The van der Waals surface area contributed by atoms with E-state index < -0.39 is 0 Å². The molecule has 0 atom stereocenters. The zero-order valence-corrected chi connectivity index (χ0v) is 31.0. The van der Waals surface area contributed by atoms with Crippen LogP contribution >= 0.6 is 11.3 Å². The van der Waals surface area contributed by atoms with Crippen LogP contribution in [-0.2, 0) is 0 Å². The van der Waals surface area contributed by atoms with Gasteiger partial charge in [0.1, 0.15) is 0 Å². The van der Waals surface area contributed by atoms with Gasteiger partial charge < -0.3 is 4.57 Å². The number of hydrogen-bond acceptors (Lipinski definition) is 4. The summed E-state index contributed by atoms with van der Waals surface area (Å²) in [6.07, 6.45) is 0. The van der Waals surface area contributed by atoms with E-state index in [-0.39, 0.29) is 0 Å². The van der Waals surface area contributed by atoms with Crippen molar-refractivity contribution in [3.8, 4) is 62.1 Å². The third-order valence-electron chi connectivity index (χ3n) is 10.7. The summed E-state index contributed by atoms with van der Waals surface area (Å²) >= 11 is 1.85. The molecule has 0 radical (unpaired) electrons. The average Bonchev–Trinajstić information content (AvgIpc) is 3.80. The molecule has 0 aliphatic heterocycles. The molecule has 0 spiro atoms. The lowest BCUT2D eigenvalue weighted by Crippen LogP contribution is -2.01. The van der Waals surface area contributed by atoms with Crippen molar-refractivity contribution in [1.29, 1.82) is 0 Å². The highest BCUT2D eigenvalue weighted by Gasteiger charge is 2.19. The summed E-state index contributed by atoms with van der Waals surface area (Å²) < 4.78 is 4.90. The third kappa shape index (κ3) is 5.48. The normalized spacial score (nSPS) is 11.6. The fourth-order valence-corrected chi connectivity index (χ4v) is 9.14. The SMILES string of the molecule is c1ccc(-c2ccc(-c3ccc4c(c3)sc3cc5c(cc34)c3ccccc3n5-c3ccccc3)c(-c3nc(-c4ccccc4)nc(-c4ccccc4)n3)c2)cc1. The van der Waals surface area contributed by atoms with Crippen molar-refractivity contribution in [3.63, 3.8) is 0 Å². The Kier molecular flexibility index (Phi) is 7.64. The molecule has 0 saturated carbocycles. The van der Waals surface area contributed by atoms with Gasteiger partial charge in [0.25, 0.3) is 0 Å². The topological polar surface area (TPSA) is 43.6 Å². The minimum atomic E-state index is 0.637. The van der Waals surface area contributed by atoms with E-state index in [1.165, 1.54) is 42.0 Å². The van der Waals surface area contributed by atoms with Gasteiger partial charge in [0.2, 0.25) is 0 Å². The van der Waals surface area contributed by atoms with Crippen LogP contribution in [0.5, 0.6) is 0 Å². The molecule has 5 heteroatoms. The van der Waals surface area contributed by atoms with E-state index in [2.05, 4.69) is 162 Å². The van der Waals surface area contributed by atoms with Crippen molar-refractivity contribution in [3.05, 3.63) is 194 Å². The van der Waals surface area contributed by atoms with Crippen LogP contribution in [-0.4, -0.2) is 19.5 Å². The zero-order chi connectivity index (χ0) is 37.0. The number of hydrogen-bond donors (Lipinski definition) is 0. The molecule has 4 nitrogen and oxygen atoms in total. The molecule has 11 rings (SSSR count). The Balaban J connectivity index is 1.12. The van der Waals surface area contributed by atoms with E-state index >= 15 is 0 Å². The van der Waals surface area contributed by atoms with Gasteiger partial charge in [-0.1, -0.05) is 152 Å². The first-order valence-corrected chi connectivity index (χ1v) is 19.6. The number of nitrogens with zero attached hydrogens (tertiary/aromatic N) is 4. The lowest BCUT2D eigenvalue weighted by atomic mass is 9.94. The molecule has 0 bridgehead atoms. The van der Waals surface area contributed by atoms with Gasteiger partial charge in [-0.3, -0.25) is 0 Å². The summed E-state index contributed by atoms with van der Waals surface area (Å²) in [5, 5.41) is 5.05. The number of aromatic nitrogens is 4. The third-order valence-corrected chi connectivity index (χ3v) is 11.8. The van der Waals surface area contributed by atoms with E-state index in [1.807, 2.05) is 47.7 Å². The van der Waals surface area contributed by atoms with Crippen LogP contribution in [0.1, 0.15) is 0 Å². The summed E-state index contributed by atoms with van der Waals surface area (Å²) in [5.41, 5.74) is 10.9. The number of fused-ring (bicyclic) bond motifs is 6. The van der Waals surface area contributed by atoms with E-state index in [0.717, 1.165) is 44.6 Å². The average molecular weight is 733 g/mol. The highest BCUT2D eigenvalue weighted by molar-refractivity contribution is 7.25. The minimum Gasteiger partial charge on any atom is -0.309 e. The molecule has 0 amide bonds.